The van der Waals surface area contributed by atoms with Gasteiger partial charge in [0.25, 0.3) is 5.91 Å². The van der Waals surface area contributed by atoms with Crippen LogP contribution in [-0.4, -0.2) is 111 Å². The lowest BCUT2D eigenvalue weighted by Gasteiger charge is -2.41. The first-order valence-electron chi connectivity index (χ1n) is 15.5. The summed E-state index contributed by atoms with van der Waals surface area (Å²) >= 11 is 0. The van der Waals surface area contributed by atoms with Crippen LogP contribution in [0.1, 0.15) is 40.9 Å². The predicted octanol–water partition coefficient (Wildman–Crippen LogP) is 1.47. The molecule has 44 heavy (non-hydrogen) atoms. The van der Waals surface area contributed by atoms with Crippen molar-refractivity contribution in [3.05, 3.63) is 71.7 Å². The van der Waals surface area contributed by atoms with Crippen LogP contribution in [-0.2, 0) is 22.6 Å². The molecule has 0 saturated carbocycles. The lowest BCUT2D eigenvalue weighted by molar-refractivity contribution is -0.138. The first-order valence-corrected chi connectivity index (χ1v) is 15.5. The van der Waals surface area contributed by atoms with Crippen LogP contribution in [0.15, 0.2) is 54.9 Å². The Morgan fingerprint density at radius 3 is 2.66 bits per heavy atom. The number of nitrogens with one attached hydrogen (secondary N) is 1. The summed E-state index contributed by atoms with van der Waals surface area (Å²) in [5, 5.41) is 11.5. The Kier molecular flexibility index (Phi) is 9.15. The number of likely N-dealkylation sites (N-methyl/N-ethyl adjacent to an activating group) is 1. The fourth-order valence-corrected chi connectivity index (χ4v) is 6.42. The van der Waals surface area contributed by atoms with E-state index in [-0.39, 0.29) is 41.5 Å². The number of carbonyl (C=O) groups is 3. The van der Waals surface area contributed by atoms with Gasteiger partial charge in [0.05, 0.1) is 18.8 Å². The molecule has 2 aromatic heterocycles. The molecule has 3 atom stereocenters. The molecular formula is C32H40N8O4. The Hall–Kier alpha value is -4.32. The van der Waals surface area contributed by atoms with Crippen LogP contribution in [0, 0.1) is 11.8 Å². The van der Waals surface area contributed by atoms with E-state index in [0.29, 0.717) is 44.8 Å². The largest absolute Gasteiger partial charge is 0.477 e. The molecule has 0 radical (unpaired) electrons. The van der Waals surface area contributed by atoms with Crippen molar-refractivity contribution in [2.24, 2.45) is 11.8 Å². The van der Waals surface area contributed by atoms with Gasteiger partial charge < -0.3 is 24.8 Å². The van der Waals surface area contributed by atoms with Gasteiger partial charge >= 0.3 is 0 Å². The molecule has 0 aliphatic carbocycles. The minimum Gasteiger partial charge on any atom is -0.477 e. The average molecular weight is 601 g/mol. The maximum absolute atomic E-state index is 14.1. The molecule has 2 saturated heterocycles. The van der Waals surface area contributed by atoms with Gasteiger partial charge in [-0.15, -0.1) is 5.10 Å². The molecule has 3 aliphatic heterocycles. The van der Waals surface area contributed by atoms with E-state index >= 15 is 0 Å². The Labute approximate surface area is 257 Å². The number of carbonyl (C=O) groups excluding carboxylic acids is 3. The monoisotopic (exact) mass is 600 g/mol. The Bertz CT molecular complexity index is 1460. The molecule has 6 rings (SSSR count). The van der Waals surface area contributed by atoms with Crippen molar-refractivity contribution in [1.29, 1.82) is 0 Å². The molecule has 3 amide bonds. The molecule has 1 N–H and O–H groups in total. The highest BCUT2D eigenvalue weighted by Crippen LogP contribution is 2.31. The number of hydrogen-bond acceptors (Lipinski definition) is 8. The van der Waals surface area contributed by atoms with Gasteiger partial charge in [-0.2, -0.15) is 0 Å². The standard InChI is InChI=1S/C32H40N8O4/c1-37-13-15-38(16-14-37)29(41)18-24-9-12-39-21-25(24)10-17-44-31-27(8-5-11-33-31)30(42)34-28(32(39)43)19-26-22-40(36-35-26)20-23-6-3-2-4-7-23/h2-8,11,22,24-25,28H,9-10,12-21H2,1H3,(H,34,42)/t24-,25-,28+/m0/s1. The van der Waals surface area contributed by atoms with E-state index in [1.165, 1.54) is 0 Å². The fraction of sp³-hybridized carbons (Fsp3) is 0.500. The first kappa shape index (κ1) is 29.7. The summed E-state index contributed by atoms with van der Waals surface area (Å²) in [6, 6.07) is 12.4. The molecular weight excluding hydrogens is 560 g/mol. The fourth-order valence-electron chi connectivity index (χ4n) is 6.42. The lowest BCUT2D eigenvalue weighted by atomic mass is 9.80. The van der Waals surface area contributed by atoms with Crippen molar-refractivity contribution >= 4 is 17.7 Å². The summed E-state index contributed by atoms with van der Waals surface area (Å²) in [5.41, 5.74) is 1.97. The van der Waals surface area contributed by atoms with E-state index in [4.69, 9.17) is 4.74 Å². The summed E-state index contributed by atoms with van der Waals surface area (Å²) in [4.78, 5) is 51.1. The minimum atomic E-state index is -0.846. The maximum atomic E-state index is 14.1. The molecule has 3 aliphatic rings. The molecule has 2 bridgehead atoms. The molecule has 0 spiro atoms. The van der Waals surface area contributed by atoms with Crippen molar-refractivity contribution in [2.45, 2.75) is 38.3 Å². The number of piperazine rings is 1. The SMILES string of the molecule is CN1CCN(C(=O)C[C@@H]2CCN3C[C@@H]2CCOc2ncccc2C(=O)N[C@H](Cc2cn(Cc4ccccc4)nn2)C3=O)CC1. The van der Waals surface area contributed by atoms with Crippen LogP contribution in [0.5, 0.6) is 5.88 Å². The van der Waals surface area contributed by atoms with Crippen LogP contribution in [0.3, 0.4) is 0 Å². The number of rotatable bonds is 6. The van der Waals surface area contributed by atoms with Crippen LogP contribution in [0.2, 0.25) is 0 Å². The van der Waals surface area contributed by atoms with Crippen LogP contribution in [0.25, 0.3) is 0 Å². The number of pyridine rings is 1. The number of ether oxygens (including phenoxy) is 1. The smallest absolute Gasteiger partial charge is 0.257 e. The second-order valence-corrected chi connectivity index (χ2v) is 12.1. The third-order valence-electron chi connectivity index (χ3n) is 9.03. The summed E-state index contributed by atoms with van der Waals surface area (Å²) in [6.07, 6.45) is 5.45. The van der Waals surface area contributed by atoms with Gasteiger partial charge in [-0.25, -0.2) is 9.67 Å². The van der Waals surface area contributed by atoms with Gasteiger partial charge in [0.1, 0.15) is 11.6 Å². The van der Waals surface area contributed by atoms with Crippen molar-refractivity contribution < 1.29 is 19.1 Å². The highest BCUT2D eigenvalue weighted by atomic mass is 16.5. The quantitative estimate of drug-likeness (QED) is 0.451. The number of hydrogen-bond donors (Lipinski definition) is 1. The van der Waals surface area contributed by atoms with Gasteiger partial charge in [-0.05, 0) is 49.4 Å². The Morgan fingerprint density at radius 1 is 1.02 bits per heavy atom. The molecule has 2 fully saturated rings. The number of piperidine rings is 1. The topological polar surface area (TPSA) is 126 Å². The third-order valence-corrected chi connectivity index (χ3v) is 9.03. The average Bonchev–Trinajstić information content (AvgIpc) is 3.48. The third kappa shape index (κ3) is 7.07. The van der Waals surface area contributed by atoms with E-state index in [9.17, 15) is 14.4 Å². The van der Waals surface area contributed by atoms with E-state index in [1.54, 1.807) is 23.0 Å². The van der Waals surface area contributed by atoms with Crippen molar-refractivity contribution in [1.82, 2.24) is 40.0 Å². The Balaban J connectivity index is 1.20. The van der Waals surface area contributed by atoms with Crippen molar-refractivity contribution in [3.63, 3.8) is 0 Å². The normalized spacial score (nSPS) is 23.2. The van der Waals surface area contributed by atoms with Gasteiger partial charge in [0.15, 0.2) is 0 Å². The second kappa shape index (κ2) is 13.5. The number of benzene rings is 1. The van der Waals surface area contributed by atoms with Crippen LogP contribution in [0.4, 0.5) is 0 Å². The molecule has 3 aromatic rings. The van der Waals surface area contributed by atoms with E-state index in [0.717, 1.165) is 38.2 Å². The highest BCUT2D eigenvalue weighted by Gasteiger charge is 2.37. The maximum Gasteiger partial charge on any atom is 0.257 e. The summed E-state index contributed by atoms with van der Waals surface area (Å²) in [6.45, 7) is 5.20. The summed E-state index contributed by atoms with van der Waals surface area (Å²) in [7, 11) is 2.08. The number of nitrogens with zero attached hydrogens (tertiary/aromatic N) is 7. The van der Waals surface area contributed by atoms with Crippen molar-refractivity contribution in [2.75, 3.05) is 52.9 Å². The van der Waals surface area contributed by atoms with Crippen LogP contribution < -0.4 is 10.1 Å². The zero-order chi connectivity index (χ0) is 30.5. The molecule has 12 nitrogen and oxygen atoms in total. The molecule has 232 valence electrons. The molecule has 1 aromatic carbocycles. The van der Waals surface area contributed by atoms with E-state index in [2.05, 4.69) is 32.6 Å². The predicted molar refractivity (Wildman–Crippen MR) is 162 cm³/mol. The second-order valence-electron chi connectivity index (χ2n) is 12.1. The van der Waals surface area contributed by atoms with Crippen LogP contribution >= 0.6 is 0 Å². The lowest BCUT2D eigenvalue weighted by Crippen LogP contribution is -2.54. The molecule has 12 heteroatoms. The van der Waals surface area contributed by atoms with Gasteiger partial charge in [0.2, 0.25) is 17.7 Å². The Morgan fingerprint density at radius 2 is 1.84 bits per heavy atom. The zero-order valence-electron chi connectivity index (χ0n) is 25.2. The minimum absolute atomic E-state index is 0.0822. The van der Waals surface area contributed by atoms with Gasteiger partial charge in [-0.1, -0.05) is 35.5 Å². The summed E-state index contributed by atoms with van der Waals surface area (Å²) < 4.78 is 7.78. The van der Waals surface area contributed by atoms with Gasteiger partial charge in [-0.3, -0.25) is 14.4 Å². The number of fused-ring (bicyclic) bond motifs is 3. The highest BCUT2D eigenvalue weighted by molar-refractivity contribution is 5.99. The summed E-state index contributed by atoms with van der Waals surface area (Å²) in [5.74, 6) is 0.0734. The number of amides is 3. The first-order chi connectivity index (χ1) is 21.4. The zero-order valence-corrected chi connectivity index (χ0v) is 25.2. The number of aromatic nitrogens is 4. The molecule has 5 heterocycles. The van der Waals surface area contributed by atoms with Crippen molar-refractivity contribution in [3.8, 4) is 5.88 Å². The molecule has 0 unspecified atom stereocenters. The van der Waals surface area contributed by atoms with E-state index in [1.807, 2.05) is 46.3 Å². The van der Waals surface area contributed by atoms with Gasteiger partial charge in [0, 0.05) is 64.5 Å². The van der Waals surface area contributed by atoms with E-state index < -0.39 is 11.9 Å².